The van der Waals surface area contributed by atoms with Gasteiger partial charge in [-0.15, -0.1) is 0 Å². The Balaban J connectivity index is 2.69. The summed E-state index contributed by atoms with van der Waals surface area (Å²) in [5.41, 5.74) is 0. The fraction of sp³-hybridized carbons (Fsp3) is 1.00. The molecule has 0 N–H and O–H groups in total. The van der Waals surface area contributed by atoms with Crippen LogP contribution in [-0.2, 0) is 4.74 Å². The Kier molecular flexibility index (Phi) is 2.95. The molecule has 0 aliphatic heterocycles. The molecule has 0 aromatic rings. The number of hydrogen-bond acceptors (Lipinski definition) is 1. The number of rotatable bonds is 2. The second-order valence-corrected chi connectivity index (χ2v) is 4.78. The molecule has 2 saturated carbocycles. The van der Waals surface area contributed by atoms with Crippen LogP contribution in [0.5, 0.6) is 0 Å². The number of ether oxygens (including phenoxy) is 1. The average Bonchev–Trinajstić information content (AvgIpc) is 3.09. The van der Waals surface area contributed by atoms with E-state index in [1.807, 2.05) is 0 Å². The van der Waals surface area contributed by atoms with E-state index in [1.54, 1.807) is 0 Å². The van der Waals surface area contributed by atoms with E-state index in [9.17, 15) is 48.3 Å². The van der Waals surface area contributed by atoms with Gasteiger partial charge in [-0.3, -0.25) is 0 Å². The Hall–Kier alpha value is -0.810. The first-order chi connectivity index (χ1) is 9.08. The summed E-state index contributed by atoms with van der Waals surface area (Å²) in [6.07, 6.45) is -2.44. The molecular formula is C9H5F11O. The number of hydrogen-bond donors (Lipinski definition) is 0. The van der Waals surface area contributed by atoms with Crippen molar-refractivity contribution < 1.29 is 53.0 Å². The van der Waals surface area contributed by atoms with Crippen molar-refractivity contribution in [3.63, 3.8) is 0 Å². The van der Waals surface area contributed by atoms with E-state index in [0.717, 1.165) is 0 Å². The largest absolute Gasteiger partial charge is 0.384 e. The zero-order chi connectivity index (χ0) is 16.7. The molecule has 0 radical (unpaired) electrons. The van der Waals surface area contributed by atoms with Gasteiger partial charge in [-0.2, -0.15) is 48.3 Å². The summed E-state index contributed by atoms with van der Waals surface area (Å²) in [6.45, 7) is 0. The van der Waals surface area contributed by atoms with Crippen LogP contribution in [0.15, 0.2) is 0 Å². The highest BCUT2D eigenvalue weighted by molar-refractivity contribution is 5.24. The summed E-state index contributed by atoms with van der Waals surface area (Å²) in [5, 5.41) is 0. The Morgan fingerprint density at radius 2 is 0.810 bits per heavy atom. The van der Waals surface area contributed by atoms with Crippen molar-refractivity contribution in [2.45, 2.75) is 54.4 Å². The van der Waals surface area contributed by atoms with Gasteiger partial charge in [0.25, 0.3) is 0 Å². The molecule has 0 heterocycles. The molecule has 0 saturated heterocycles. The monoisotopic (exact) mass is 338 g/mol. The summed E-state index contributed by atoms with van der Waals surface area (Å²) in [5.74, 6) is -41.4. The molecule has 2 aliphatic rings. The predicted octanol–water partition coefficient (Wildman–Crippen LogP) is 4.02. The highest BCUT2D eigenvalue weighted by Gasteiger charge is 3.02. The highest BCUT2D eigenvalue weighted by Crippen LogP contribution is 2.70. The van der Waals surface area contributed by atoms with Gasteiger partial charge in [0.05, 0.1) is 6.10 Å². The van der Waals surface area contributed by atoms with Gasteiger partial charge in [0.15, 0.2) is 0 Å². The van der Waals surface area contributed by atoms with Gasteiger partial charge < -0.3 is 4.74 Å². The minimum absolute atomic E-state index is 0.342. The third kappa shape index (κ3) is 1.51. The maximum atomic E-state index is 13.7. The van der Waals surface area contributed by atoms with Crippen LogP contribution in [0.4, 0.5) is 48.3 Å². The standard InChI is InChI=1S/C9H5F11O/c10-4(11)5(12,13)7(16,17)9(20,21-3-1-2-3)8(18,19)6(4,14)15/h3H,1-2H2. The molecule has 1 nitrogen and oxygen atoms in total. The first kappa shape index (κ1) is 16.6. The van der Waals surface area contributed by atoms with Gasteiger partial charge in [0.1, 0.15) is 0 Å². The molecule has 0 unspecified atom stereocenters. The van der Waals surface area contributed by atoms with Crippen LogP contribution >= 0.6 is 0 Å². The van der Waals surface area contributed by atoms with Gasteiger partial charge in [0, 0.05) is 0 Å². The summed E-state index contributed by atoms with van der Waals surface area (Å²) >= 11 is 0. The van der Waals surface area contributed by atoms with Crippen LogP contribution < -0.4 is 0 Å². The molecule has 0 spiro atoms. The maximum Gasteiger partial charge on any atom is 0.384 e. The van der Waals surface area contributed by atoms with Crippen molar-refractivity contribution in [3.8, 4) is 0 Å². The molecule has 2 aliphatic carbocycles. The van der Waals surface area contributed by atoms with Gasteiger partial charge in [0.2, 0.25) is 0 Å². The number of halogens is 11. The quantitative estimate of drug-likeness (QED) is 0.691. The lowest BCUT2D eigenvalue weighted by molar-refractivity contribution is -0.525. The lowest BCUT2D eigenvalue weighted by Crippen LogP contribution is -2.84. The zero-order valence-corrected chi connectivity index (χ0v) is 9.56. The van der Waals surface area contributed by atoms with Crippen molar-refractivity contribution in [2.24, 2.45) is 0 Å². The first-order valence-electron chi connectivity index (χ1n) is 5.34. The van der Waals surface area contributed by atoms with Crippen LogP contribution in [0, 0.1) is 0 Å². The van der Waals surface area contributed by atoms with E-state index in [0.29, 0.717) is 0 Å². The van der Waals surface area contributed by atoms with Gasteiger partial charge in [-0.05, 0) is 12.8 Å². The maximum absolute atomic E-state index is 13.7. The van der Waals surface area contributed by atoms with E-state index < -0.39 is 41.6 Å². The molecule has 2 rings (SSSR count). The van der Waals surface area contributed by atoms with E-state index in [-0.39, 0.29) is 12.8 Å². The predicted molar refractivity (Wildman–Crippen MR) is 42.7 cm³/mol. The van der Waals surface area contributed by atoms with Crippen molar-refractivity contribution in [1.29, 1.82) is 0 Å². The first-order valence-corrected chi connectivity index (χ1v) is 5.34. The van der Waals surface area contributed by atoms with E-state index >= 15 is 0 Å². The fourth-order valence-electron chi connectivity index (χ4n) is 1.76. The summed E-state index contributed by atoms with van der Waals surface area (Å²) in [7, 11) is 0. The molecule has 0 atom stereocenters. The topological polar surface area (TPSA) is 9.23 Å². The van der Waals surface area contributed by atoms with E-state index in [4.69, 9.17) is 0 Å². The molecule has 0 amide bonds. The Morgan fingerprint density at radius 3 is 1.10 bits per heavy atom. The van der Waals surface area contributed by atoms with Crippen LogP contribution in [-0.4, -0.2) is 41.6 Å². The van der Waals surface area contributed by atoms with Crippen LogP contribution in [0.3, 0.4) is 0 Å². The molecule has 2 fully saturated rings. The van der Waals surface area contributed by atoms with Crippen LogP contribution in [0.2, 0.25) is 0 Å². The highest BCUT2D eigenvalue weighted by atomic mass is 19.4. The lowest BCUT2D eigenvalue weighted by atomic mass is 9.78. The summed E-state index contributed by atoms with van der Waals surface area (Å²) < 4.78 is 147. The summed E-state index contributed by atoms with van der Waals surface area (Å²) in [4.78, 5) is 0. The molecule has 0 bridgehead atoms. The minimum Gasteiger partial charge on any atom is -0.333 e. The second-order valence-electron chi connectivity index (χ2n) is 4.78. The van der Waals surface area contributed by atoms with Crippen molar-refractivity contribution in [3.05, 3.63) is 0 Å². The number of alkyl halides is 11. The van der Waals surface area contributed by atoms with Gasteiger partial charge >= 0.3 is 35.5 Å². The Bertz CT molecular complexity index is 423. The second kappa shape index (κ2) is 3.74. The smallest absolute Gasteiger partial charge is 0.333 e. The van der Waals surface area contributed by atoms with Crippen LogP contribution in [0.1, 0.15) is 12.8 Å². The van der Waals surface area contributed by atoms with Crippen molar-refractivity contribution >= 4 is 0 Å². The van der Waals surface area contributed by atoms with Crippen LogP contribution in [0.25, 0.3) is 0 Å². The molecule has 0 aromatic carbocycles. The summed E-state index contributed by atoms with van der Waals surface area (Å²) in [6, 6.07) is 0. The van der Waals surface area contributed by atoms with Crippen molar-refractivity contribution in [1.82, 2.24) is 0 Å². The zero-order valence-electron chi connectivity index (χ0n) is 9.56. The van der Waals surface area contributed by atoms with E-state index in [1.165, 1.54) is 0 Å². The molecule has 124 valence electrons. The molecule has 12 heteroatoms. The normalized spacial score (nSPS) is 34.4. The Morgan fingerprint density at radius 1 is 0.524 bits per heavy atom. The third-order valence-corrected chi connectivity index (χ3v) is 3.24. The Labute approximate surface area is 109 Å². The minimum atomic E-state index is -7.19. The van der Waals surface area contributed by atoms with E-state index in [2.05, 4.69) is 4.74 Å². The lowest BCUT2D eigenvalue weighted by Gasteiger charge is -2.51. The van der Waals surface area contributed by atoms with Gasteiger partial charge in [-0.25, -0.2) is 0 Å². The SMILES string of the molecule is FC1(F)C(F)(F)C(F)(F)C(F)(OC2CC2)C(F)(F)C1(F)F. The van der Waals surface area contributed by atoms with Gasteiger partial charge in [-0.1, -0.05) is 0 Å². The average molecular weight is 338 g/mol. The molecular weight excluding hydrogens is 333 g/mol. The molecule has 21 heavy (non-hydrogen) atoms. The fourth-order valence-corrected chi connectivity index (χ4v) is 1.76. The molecule has 0 aromatic heterocycles. The third-order valence-electron chi connectivity index (χ3n) is 3.24. The van der Waals surface area contributed by atoms with Crippen molar-refractivity contribution in [2.75, 3.05) is 0 Å².